The van der Waals surface area contributed by atoms with Crippen molar-refractivity contribution in [3.63, 3.8) is 0 Å². The van der Waals surface area contributed by atoms with Crippen molar-refractivity contribution >= 4 is 12.2 Å². The monoisotopic (exact) mass is 282 g/mol. The molecule has 2 rings (SSSR count). The average Bonchev–Trinajstić information content (AvgIpc) is 2.79. The predicted octanol–water partition coefficient (Wildman–Crippen LogP) is 3.58. The normalized spacial score (nSPS) is 10.8. The van der Waals surface area contributed by atoms with Gasteiger partial charge in [0.1, 0.15) is 12.1 Å². The minimum Gasteiger partial charge on any atom is -0.337 e. The van der Waals surface area contributed by atoms with Crippen LogP contribution in [0.25, 0.3) is 5.69 Å². The van der Waals surface area contributed by atoms with Gasteiger partial charge in [0.2, 0.25) is 0 Å². The lowest BCUT2D eigenvalue weighted by atomic mass is 9.92. The number of imidazole rings is 1. The molecule has 0 unspecified atom stereocenters. The van der Waals surface area contributed by atoms with Gasteiger partial charge in [-0.3, -0.25) is 4.57 Å². The SMILES string of the molecule is CC(C)(C)c1c[nH]c(=S)n1-c1ccc(C#N)c(C#N)c1. The number of benzene rings is 1. The van der Waals surface area contributed by atoms with Crippen LogP contribution >= 0.6 is 12.2 Å². The van der Waals surface area contributed by atoms with E-state index in [9.17, 15) is 0 Å². The Bertz CT molecular complexity index is 791. The van der Waals surface area contributed by atoms with Crippen LogP contribution in [-0.2, 0) is 5.41 Å². The maximum atomic E-state index is 9.13. The number of hydrogen-bond acceptors (Lipinski definition) is 3. The molecule has 0 spiro atoms. The smallest absolute Gasteiger partial charge is 0.182 e. The molecule has 0 bridgehead atoms. The van der Waals surface area contributed by atoms with Gasteiger partial charge in [0.25, 0.3) is 0 Å². The van der Waals surface area contributed by atoms with Crippen LogP contribution in [0.15, 0.2) is 24.4 Å². The van der Waals surface area contributed by atoms with Crippen LogP contribution in [0.2, 0.25) is 0 Å². The first-order valence-electron chi connectivity index (χ1n) is 6.14. The molecule has 5 heteroatoms. The maximum absolute atomic E-state index is 9.13. The molecule has 100 valence electrons. The Kier molecular flexibility index (Phi) is 3.48. The molecule has 2 aromatic rings. The fourth-order valence-corrected chi connectivity index (χ4v) is 2.30. The highest BCUT2D eigenvalue weighted by Gasteiger charge is 2.20. The summed E-state index contributed by atoms with van der Waals surface area (Å²) in [6.07, 6.45) is 1.88. The summed E-state index contributed by atoms with van der Waals surface area (Å²) in [4.78, 5) is 3.04. The fraction of sp³-hybridized carbons (Fsp3) is 0.267. The molecule has 0 radical (unpaired) electrons. The Labute approximate surface area is 122 Å². The van der Waals surface area contributed by atoms with Crippen molar-refractivity contribution in [3.05, 3.63) is 46.0 Å². The van der Waals surface area contributed by atoms with Crippen molar-refractivity contribution in [1.29, 1.82) is 10.5 Å². The van der Waals surface area contributed by atoms with E-state index in [2.05, 4.69) is 25.8 Å². The van der Waals surface area contributed by atoms with Crippen molar-refractivity contribution in [3.8, 4) is 17.8 Å². The first kappa shape index (κ1) is 14.0. The summed E-state index contributed by atoms with van der Waals surface area (Å²) in [5.41, 5.74) is 2.45. The number of nitrogens with zero attached hydrogens (tertiary/aromatic N) is 3. The molecule has 0 amide bonds. The Hall–Kier alpha value is -2.37. The van der Waals surface area contributed by atoms with E-state index in [1.54, 1.807) is 18.2 Å². The molecule has 0 saturated carbocycles. The summed E-state index contributed by atoms with van der Waals surface area (Å²) in [6, 6.07) is 9.20. The average molecular weight is 282 g/mol. The van der Waals surface area contributed by atoms with E-state index in [-0.39, 0.29) is 5.41 Å². The van der Waals surface area contributed by atoms with Crippen LogP contribution < -0.4 is 0 Å². The summed E-state index contributed by atoms with van der Waals surface area (Å²) in [5.74, 6) is 0. The second kappa shape index (κ2) is 4.96. The van der Waals surface area contributed by atoms with Crippen LogP contribution in [0.5, 0.6) is 0 Å². The number of nitriles is 2. The third kappa shape index (κ3) is 2.36. The van der Waals surface area contributed by atoms with Crippen LogP contribution in [-0.4, -0.2) is 9.55 Å². The van der Waals surface area contributed by atoms with Crippen molar-refractivity contribution in [2.75, 3.05) is 0 Å². The zero-order chi connectivity index (χ0) is 14.9. The third-order valence-corrected chi connectivity index (χ3v) is 3.35. The number of aromatic amines is 1. The van der Waals surface area contributed by atoms with Crippen molar-refractivity contribution < 1.29 is 0 Å². The Morgan fingerprint density at radius 2 is 1.80 bits per heavy atom. The van der Waals surface area contributed by atoms with E-state index in [0.29, 0.717) is 15.9 Å². The second-order valence-corrected chi connectivity index (χ2v) is 5.90. The minimum absolute atomic E-state index is 0.0890. The first-order chi connectivity index (χ1) is 9.38. The van der Waals surface area contributed by atoms with Crippen LogP contribution in [0.3, 0.4) is 0 Å². The quantitative estimate of drug-likeness (QED) is 0.813. The van der Waals surface area contributed by atoms with Gasteiger partial charge in [0.05, 0.1) is 11.1 Å². The van der Waals surface area contributed by atoms with E-state index >= 15 is 0 Å². The standard InChI is InChI=1S/C15H14N4S/c1-15(2,3)13-9-18-14(20)19(13)12-5-4-10(7-16)11(6-12)8-17/h4-6,9H,1-3H3,(H,18,20). The number of nitrogens with one attached hydrogen (secondary N) is 1. The van der Waals surface area contributed by atoms with Gasteiger partial charge in [-0.2, -0.15) is 10.5 Å². The van der Waals surface area contributed by atoms with Gasteiger partial charge in [-0.25, -0.2) is 0 Å². The molecule has 1 heterocycles. The summed E-state index contributed by atoms with van der Waals surface area (Å²) in [5, 5.41) is 18.1. The molecular weight excluding hydrogens is 268 g/mol. The van der Waals surface area contributed by atoms with Crippen molar-refractivity contribution in [2.24, 2.45) is 0 Å². The van der Waals surface area contributed by atoms with Gasteiger partial charge in [0.15, 0.2) is 4.77 Å². The highest BCUT2D eigenvalue weighted by Crippen LogP contribution is 2.26. The summed E-state index contributed by atoms with van der Waals surface area (Å²) < 4.78 is 2.47. The molecule has 0 fully saturated rings. The molecule has 0 saturated heterocycles. The molecule has 0 aliphatic carbocycles. The van der Waals surface area contributed by atoms with E-state index in [4.69, 9.17) is 22.7 Å². The molecule has 4 nitrogen and oxygen atoms in total. The molecule has 0 aliphatic rings. The summed E-state index contributed by atoms with van der Waals surface area (Å²) in [6.45, 7) is 6.28. The van der Waals surface area contributed by atoms with Crippen LogP contribution in [0, 0.1) is 27.4 Å². The molecule has 1 N–H and O–H groups in total. The van der Waals surface area contributed by atoms with Gasteiger partial charge in [0, 0.05) is 23.0 Å². The zero-order valence-electron chi connectivity index (χ0n) is 11.6. The van der Waals surface area contributed by atoms with E-state index < -0.39 is 0 Å². The lowest BCUT2D eigenvalue weighted by Gasteiger charge is -2.20. The first-order valence-corrected chi connectivity index (χ1v) is 6.55. The highest BCUT2D eigenvalue weighted by molar-refractivity contribution is 7.71. The van der Waals surface area contributed by atoms with E-state index in [1.165, 1.54) is 0 Å². The van der Waals surface area contributed by atoms with Gasteiger partial charge in [-0.1, -0.05) is 20.8 Å². The fourth-order valence-electron chi connectivity index (χ4n) is 2.04. The Morgan fingerprint density at radius 3 is 2.35 bits per heavy atom. The molecule has 1 aromatic carbocycles. The van der Waals surface area contributed by atoms with Gasteiger partial charge < -0.3 is 4.98 Å². The number of rotatable bonds is 1. The number of hydrogen-bond donors (Lipinski definition) is 1. The molecule has 0 atom stereocenters. The van der Waals surface area contributed by atoms with Crippen LogP contribution in [0.4, 0.5) is 0 Å². The lowest BCUT2D eigenvalue weighted by molar-refractivity contribution is 0.556. The Balaban J connectivity index is 2.71. The maximum Gasteiger partial charge on any atom is 0.182 e. The summed E-state index contributed by atoms with van der Waals surface area (Å²) >= 11 is 5.32. The molecule has 1 aromatic heterocycles. The van der Waals surface area contributed by atoms with Crippen molar-refractivity contribution in [2.45, 2.75) is 26.2 Å². The second-order valence-electron chi connectivity index (χ2n) is 5.52. The lowest BCUT2D eigenvalue weighted by Crippen LogP contribution is -2.16. The van der Waals surface area contributed by atoms with E-state index in [0.717, 1.165) is 11.4 Å². The van der Waals surface area contributed by atoms with Crippen molar-refractivity contribution in [1.82, 2.24) is 9.55 Å². The Morgan fingerprint density at radius 1 is 1.15 bits per heavy atom. The largest absolute Gasteiger partial charge is 0.337 e. The predicted molar refractivity (Wildman–Crippen MR) is 79.1 cm³/mol. The van der Waals surface area contributed by atoms with E-state index in [1.807, 2.05) is 22.9 Å². The molecule has 20 heavy (non-hydrogen) atoms. The number of H-pyrrole nitrogens is 1. The summed E-state index contributed by atoms with van der Waals surface area (Å²) in [7, 11) is 0. The van der Waals surface area contributed by atoms with Gasteiger partial charge in [-0.05, 0) is 30.4 Å². The number of aromatic nitrogens is 2. The van der Waals surface area contributed by atoms with Gasteiger partial charge in [-0.15, -0.1) is 0 Å². The zero-order valence-corrected chi connectivity index (χ0v) is 12.4. The minimum atomic E-state index is -0.0890. The van der Waals surface area contributed by atoms with Gasteiger partial charge >= 0.3 is 0 Å². The van der Waals surface area contributed by atoms with Crippen LogP contribution in [0.1, 0.15) is 37.6 Å². The third-order valence-electron chi connectivity index (χ3n) is 3.05. The topological polar surface area (TPSA) is 68.3 Å². The molecular formula is C15H14N4S. The highest BCUT2D eigenvalue weighted by atomic mass is 32.1. The molecule has 0 aliphatic heterocycles.